The third-order valence-electron chi connectivity index (χ3n) is 2.52. The quantitative estimate of drug-likeness (QED) is 0.758. The summed E-state index contributed by atoms with van der Waals surface area (Å²) in [5.74, 6) is 0.737. The maximum Gasteiger partial charge on any atom is 0.213 e. The van der Waals surface area contributed by atoms with E-state index in [2.05, 4.69) is 35.8 Å². The molecule has 1 aromatic heterocycles. The van der Waals surface area contributed by atoms with Gasteiger partial charge in [-0.05, 0) is 24.9 Å². The van der Waals surface area contributed by atoms with E-state index in [0.717, 1.165) is 31.9 Å². The van der Waals surface area contributed by atoms with Crippen LogP contribution in [0.15, 0.2) is 10.9 Å². The Labute approximate surface area is 97.0 Å². The lowest BCUT2D eigenvalue weighted by atomic mass is 9.93. The summed E-state index contributed by atoms with van der Waals surface area (Å²) < 4.78 is 4.74. The van der Waals surface area contributed by atoms with E-state index in [9.17, 15) is 0 Å². The van der Waals surface area contributed by atoms with Gasteiger partial charge in [-0.2, -0.15) is 4.98 Å². The summed E-state index contributed by atoms with van der Waals surface area (Å²) in [6, 6.07) is 0. The van der Waals surface area contributed by atoms with Crippen molar-refractivity contribution in [2.75, 3.05) is 19.6 Å². The second-order valence-electron chi connectivity index (χ2n) is 4.93. The minimum absolute atomic E-state index is 0.124. The molecule has 1 aromatic rings. The summed E-state index contributed by atoms with van der Waals surface area (Å²) in [7, 11) is 0. The molecule has 0 aliphatic heterocycles. The summed E-state index contributed by atoms with van der Waals surface area (Å²) in [6.07, 6.45) is 2.48. The van der Waals surface area contributed by atoms with Gasteiger partial charge in [0.1, 0.15) is 0 Å². The molecule has 0 saturated carbocycles. The van der Waals surface area contributed by atoms with E-state index in [4.69, 9.17) is 10.3 Å². The van der Waals surface area contributed by atoms with Crippen LogP contribution in [0.4, 0.5) is 0 Å². The molecule has 92 valence electrons. The van der Waals surface area contributed by atoms with Gasteiger partial charge in [-0.1, -0.05) is 25.9 Å². The Morgan fingerprint density at radius 2 is 2.25 bits per heavy atom. The molecule has 1 rings (SSSR count). The SMILES string of the molecule is CCCN(Cc1ncon1)CC(C)(C)CN. The van der Waals surface area contributed by atoms with E-state index in [-0.39, 0.29) is 5.41 Å². The first kappa shape index (κ1) is 13.1. The number of hydrogen-bond donors (Lipinski definition) is 1. The fourth-order valence-electron chi connectivity index (χ4n) is 1.66. The molecule has 2 N–H and O–H groups in total. The van der Waals surface area contributed by atoms with Crippen LogP contribution in [0.5, 0.6) is 0 Å². The van der Waals surface area contributed by atoms with Crippen molar-refractivity contribution in [2.24, 2.45) is 11.1 Å². The maximum absolute atomic E-state index is 5.75. The third-order valence-corrected chi connectivity index (χ3v) is 2.52. The number of nitrogens with zero attached hydrogens (tertiary/aromatic N) is 3. The molecule has 16 heavy (non-hydrogen) atoms. The fourth-order valence-corrected chi connectivity index (χ4v) is 1.66. The highest BCUT2D eigenvalue weighted by molar-refractivity contribution is 4.81. The first-order chi connectivity index (χ1) is 7.57. The van der Waals surface area contributed by atoms with Crippen molar-refractivity contribution in [2.45, 2.75) is 33.7 Å². The Morgan fingerprint density at radius 1 is 1.50 bits per heavy atom. The Hall–Kier alpha value is -0.940. The zero-order chi connectivity index (χ0) is 12.0. The Morgan fingerprint density at radius 3 is 2.75 bits per heavy atom. The number of hydrogen-bond acceptors (Lipinski definition) is 5. The topological polar surface area (TPSA) is 68.2 Å². The average Bonchev–Trinajstić information content (AvgIpc) is 2.70. The van der Waals surface area contributed by atoms with Gasteiger partial charge in [0.25, 0.3) is 0 Å². The van der Waals surface area contributed by atoms with Crippen LogP contribution in [-0.4, -0.2) is 34.7 Å². The first-order valence-corrected chi connectivity index (χ1v) is 5.75. The monoisotopic (exact) mass is 226 g/mol. The lowest BCUT2D eigenvalue weighted by Gasteiger charge is -2.30. The molecule has 1 heterocycles. The Kier molecular flexibility index (Phi) is 4.89. The smallest absolute Gasteiger partial charge is 0.213 e. The molecule has 0 unspecified atom stereocenters. The van der Waals surface area contributed by atoms with Gasteiger partial charge < -0.3 is 10.3 Å². The maximum atomic E-state index is 5.75. The number of rotatable bonds is 7. The van der Waals surface area contributed by atoms with Gasteiger partial charge in [0.05, 0.1) is 6.54 Å². The molecule has 0 bridgehead atoms. The molecule has 0 aliphatic carbocycles. The molecule has 0 saturated heterocycles. The van der Waals surface area contributed by atoms with Crippen molar-refractivity contribution < 1.29 is 4.52 Å². The molecule has 0 atom stereocenters. The predicted octanol–water partition coefficient (Wildman–Crippen LogP) is 1.27. The van der Waals surface area contributed by atoms with Gasteiger partial charge in [-0.15, -0.1) is 0 Å². The fraction of sp³-hybridized carbons (Fsp3) is 0.818. The van der Waals surface area contributed by atoms with Gasteiger partial charge in [-0.25, -0.2) is 0 Å². The van der Waals surface area contributed by atoms with Gasteiger partial charge in [-0.3, -0.25) is 4.90 Å². The molecular weight excluding hydrogens is 204 g/mol. The molecule has 0 radical (unpaired) electrons. The Balaban J connectivity index is 2.54. The molecule has 0 aliphatic rings. The number of aromatic nitrogens is 2. The van der Waals surface area contributed by atoms with Crippen LogP contribution < -0.4 is 5.73 Å². The minimum Gasteiger partial charge on any atom is -0.343 e. The van der Waals surface area contributed by atoms with Crippen molar-refractivity contribution in [1.29, 1.82) is 0 Å². The predicted molar refractivity (Wildman–Crippen MR) is 62.7 cm³/mol. The first-order valence-electron chi connectivity index (χ1n) is 5.75. The largest absolute Gasteiger partial charge is 0.343 e. The van der Waals surface area contributed by atoms with Crippen LogP contribution in [-0.2, 0) is 6.54 Å². The lowest BCUT2D eigenvalue weighted by Crippen LogP contribution is -2.39. The van der Waals surface area contributed by atoms with Gasteiger partial charge in [0, 0.05) is 6.54 Å². The molecule has 0 amide bonds. The van der Waals surface area contributed by atoms with Gasteiger partial charge in [0.15, 0.2) is 5.82 Å². The summed E-state index contributed by atoms with van der Waals surface area (Å²) in [5, 5.41) is 3.84. The third kappa shape index (κ3) is 4.28. The molecule has 0 fully saturated rings. The zero-order valence-electron chi connectivity index (χ0n) is 10.4. The van der Waals surface area contributed by atoms with E-state index in [1.165, 1.54) is 6.39 Å². The molecule has 5 heteroatoms. The standard InChI is InChI=1S/C11H22N4O/c1-4-5-15(8-11(2,3)7-12)6-10-13-9-16-14-10/h9H,4-8,12H2,1-3H3. The second-order valence-corrected chi connectivity index (χ2v) is 4.93. The van der Waals surface area contributed by atoms with Crippen molar-refractivity contribution in [3.63, 3.8) is 0 Å². The van der Waals surface area contributed by atoms with Gasteiger partial charge >= 0.3 is 0 Å². The number of nitrogens with two attached hydrogens (primary N) is 1. The van der Waals surface area contributed by atoms with E-state index in [0.29, 0.717) is 6.54 Å². The zero-order valence-corrected chi connectivity index (χ0v) is 10.4. The Bertz CT molecular complexity index is 284. The molecule has 5 nitrogen and oxygen atoms in total. The van der Waals surface area contributed by atoms with Crippen LogP contribution in [0.3, 0.4) is 0 Å². The highest BCUT2D eigenvalue weighted by Gasteiger charge is 2.20. The van der Waals surface area contributed by atoms with E-state index in [1.807, 2.05) is 0 Å². The van der Waals surface area contributed by atoms with Crippen LogP contribution in [0, 0.1) is 5.41 Å². The van der Waals surface area contributed by atoms with Crippen LogP contribution in [0.1, 0.15) is 33.0 Å². The van der Waals surface area contributed by atoms with E-state index >= 15 is 0 Å². The normalized spacial score (nSPS) is 12.3. The van der Waals surface area contributed by atoms with Crippen LogP contribution in [0.2, 0.25) is 0 Å². The van der Waals surface area contributed by atoms with Crippen molar-refractivity contribution >= 4 is 0 Å². The summed E-state index contributed by atoms with van der Waals surface area (Å²) in [6.45, 7) is 9.90. The highest BCUT2D eigenvalue weighted by atomic mass is 16.5. The van der Waals surface area contributed by atoms with Gasteiger partial charge in [0.2, 0.25) is 6.39 Å². The van der Waals surface area contributed by atoms with Crippen molar-refractivity contribution in [3.8, 4) is 0 Å². The molecular formula is C11H22N4O. The molecule has 0 aromatic carbocycles. The van der Waals surface area contributed by atoms with Crippen LogP contribution >= 0.6 is 0 Å². The van der Waals surface area contributed by atoms with Crippen molar-refractivity contribution in [1.82, 2.24) is 15.0 Å². The molecule has 0 spiro atoms. The summed E-state index contributed by atoms with van der Waals surface area (Å²) in [5.41, 5.74) is 5.87. The highest BCUT2D eigenvalue weighted by Crippen LogP contribution is 2.16. The second kappa shape index (κ2) is 5.96. The van der Waals surface area contributed by atoms with Crippen LogP contribution in [0.25, 0.3) is 0 Å². The van der Waals surface area contributed by atoms with E-state index < -0.39 is 0 Å². The van der Waals surface area contributed by atoms with Crippen molar-refractivity contribution in [3.05, 3.63) is 12.2 Å². The van der Waals surface area contributed by atoms with E-state index in [1.54, 1.807) is 0 Å². The lowest BCUT2D eigenvalue weighted by molar-refractivity contribution is 0.171. The minimum atomic E-state index is 0.124. The summed E-state index contributed by atoms with van der Waals surface area (Å²) in [4.78, 5) is 6.36. The average molecular weight is 226 g/mol. The summed E-state index contributed by atoms with van der Waals surface area (Å²) >= 11 is 0.